The van der Waals surface area contributed by atoms with Crippen molar-refractivity contribution in [3.05, 3.63) is 81.5 Å². The topological polar surface area (TPSA) is 114 Å². The molecule has 0 aliphatic rings. The highest BCUT2D eigenvalue weighted by molar-refractivity contribution is 5.75. The number of amides is 1. The van der Waals surface area contributed by atoms with E-state index >= 15 is 0 Å². The summed E-state index contributed by atoms with van der Waals surface area (Å²) in [6.45, 7) is 2.11. The van der Waals surface area contributed by atoms with E-state index in [-0.39, 0.29) is 12.0 Å². The van der Waals surface area contributed by atoms with Crippen molar-refractivity contribution in [2.75, 3.05) is 0 Å². The number of carbonyl (C=O) groups excluding carboxylic acids is 1. The van der Waals surface area contributed by atoms with Gasteiger partial charge in [0.15, 0.2) is 0 Å². The summed E-state index contributed by atoms with van der Waals surface area (Å²) >= 11 is 0. The second-order valence-electron chi connectivity index (χ2n) is 6.02. The first-order valence-electron chi connectivity index (χ1n) is 8.22. The van der Waals surface area contributed by atoms with Gasteiger partial charge in [-0.2, -0.15) is 0 Å². The van der Waals surface area contributed by atoms with Crippen LogP contribution in [0.4, 0.5) is 0 Å². The molecule has 26 heavy (non-hydrogen) atoms. The number of aromatic nitrogens is 3. The quantitative estimate of drug-likeness (QED) is 0.603. The Morgan fingerprint density at radius 1 is 1.23 bits per heavy atom. The first kappa shape index (κ1) is 17.5. The molecular formula is C19H20N4O3. The van der Waals surface area contributed by atoms with E-state index in [4.69, 9.17) is 10.5 Å². The lowest BCUT2D eigenvalue weighted by Gasteiger charge is -2.16. The van der Waals surface area contributed by atoms with Gasteiger partial charge in [-0.05, 0) is 36.8 Å². The summed E-state index contributed by atoms with van der Waals surface area (Å²) < 4.78 is 5.79. The zero-order chi connectivity index (χ0) is 18.5. The number of rotatable bonds is 7. The van der Waals surface area contributed by atoms with Crippen molar-refractivity contribution < 1.29 is 9.53 Å². The van der Waals surface area contributed by atoms with E-state index in [0.29, 0.717) is 23.6 Å². The maximum atomic E-state index is 12.2. The summed E-state index contributed by atoms with van der Waals surface area (Å²) in [5.74, 6) is -0.289. The van der Waals surface area contributed by atoms with E-state index in [1.807, 2.05) is 42.5 Å². The lowest BCUT2D eigenvalue weighted by Crippen LogP contribution is -2.20. The van der Waals surface area contributed by atoms with Gasteiger partial charge in [0, 0.05) is 29.8 Å². The van der Waals surface area contributed by atoms with E-state index in [9.17, 15) is 9.59 Å². The smallest absolute Gasteiger partial charge is 0.267 e. The standard InChI is InChI=1S/C19H20N4O3/c1-12-18(19(25)23-22-12)16(10-17(20)24)13-5-4-7-15(9-13)26-11-14-6-2-3-8-21-14/h2-9,16H,10-11H2,1H3,(H2,20,24)(H2,22,23,25). The zero-order valence-corrected chi connectivity index (χ0v) is 14.4. The largest absolute Gasteiger partial charge is 0.487 e. The fraction of sp³-hybridized carbons (Fsp3) is 0.211. The molecule has 1 atom stereocenters. The fourth-order valence-corrected chi connectivity index (χ4v) is 2.92. The summed E-state index contributed by atoms with van der Waals surface area (Å²) in [4.78, 5) is 27.9. The van der Waals surface area contributed by atoms with Crippen molar-refractivity contribution >= 4 is 5.91 Å². The molecule has 3 rings (SSSR count). The minimum Gasteiger partial charge on any atom is -0.487 e. The normalized spacial score (nSPS) is 11.9. The summed E-state index contributed by atoms with van der Waals surface area (Å²) in [5, 5.41) is 5.34. The SMILES string of the molecule is Cc1[nH][nH]c(=O)c1C(CC(N)=O)c1cccc(OCc2ccccn2)c1. The Hall–Kier alpha value is -3.35. The molecule has 2 heterocycles. The van der Waals surface area contributed by atoms with Crippen molar-refractivity contribution in [1.82, 2.24) is 15.2 Å². The van der Waals surface area contributed by atoms with Crippen LogP contribution in [0, 0.1) is 6.92 Å². The number of ether oxygens (including phenoxy) is 1. The number of nitrogens with one attached hydrogen (secondary N) is 2. The minimum absolute atomic E-state index is 0.0332. The van der Waals surface area contributed by atoms with E-state index in [1.54, 1.807) is 13.1 Å². The molecule has 0 aliphatic carbocycles. The molecule has 0 saturated heterocycles. The number of aryl methyl sites for hydroxylation is 1. The van der Waals surface area contributed by atoms with Gasteiger partial charge < -0.3 is 15.6 Å². The number of nitrogens with two attached hydrogens (primary N) is 1. The van der Waals surface area contributed by atoms with Crippen LogP contribution >= 0.6 is 0 Å². The molecular weight excluding hydrogens is 332 g/mol. The van der Waals surface area contributed by atoms with E-state index in [0.717, 1.165) is 11.3 Å². The molecule has 7 nitrogen and oxygen atoms in total. The van der Waals surface area contributed by atoms with Crippen LogP contribution in [0.15, 0.2) is 53.5 Å². The molecule has 0 aliphatic heterocycles. The number of benzene rings is 1. The van der Waals surface area contributed by atoms with Crippen molar-refractivity contribution in [2.45, 2.75) is 25.9 Å². The van der Waals surface area contributed by atoms with Gasteiger partial charge in [0.2, 0.25) is 5.91 Å². The highest BCUT2D eigenvalue weighted by atomic mass is 16.5. The highest BCUT2D eigenvalue weighted by Crippen LogP contribution is 2.29. The molecule has 3 aromatic rings. The van der Waals surface area contributed by atoms with Crippen LogP contribution < -0.4 is 16.0 Å². The molecule has 4 N–H and O–H groups in total. The van der Waals surface area contributed by atoms with Crippen LogP contribution in [-0.2, 0) is 11.4 Å². The van der Waals surface area contributed by atoms with Gasteiger partial charge >= 0.3 is 0 Å². The van der Waals surface area contributed by atoms with Gasteiger partial charge in [-0.15, -0.1) is 0 Å². The van der Waals surface area contributed by atoms with E-state index < -0.39 is 11.8 Å². The Kier molecular flexibility index (Phi) is 5.17. The number of nitrogens with zero attached hydrogens (tertiary/aromatic N) is 1. The van der Waals surface area contributed by atoms with Gasteiger partial charge in [-0.25, -0.2) is 0 Å². The number of aromatic amines is 2. The summed E-state index contributed by atoms with van der Waals surface area (Å²) in [7, 11) is 0. The first-order valence-corrected chi connectivity index (χ1v) is 8.22. The monoisotopic (exact) mass is 352 g/mol. The Morgan fingerprint density at radius 2 is 2.08 bits per heavy atom. The summed E-state index contributed by atoms with van der Waals surface area (Å²) in [6, 6.07) is 12.9. The predicted molar refractivity (Wildman–Crippen MR) is 96.8 cm³/mol. The second kappa shape index (κ2) is 7.69. The maximum absolute atomic E-state index is 12.2. The summed E-state index contributed by atoms with van der Waals surface area (Å²) in [5.41, 5.74) is 7.94. The van der Waals surface area contributed by atoms with Crippen LogP contribution in [-0.4, -0.2) is 21.1 Å². The average molecular weight is 352 g/mol. The maximum Gasteiger partial charge on any atom is 0.267 e. The van der Waals surface area contributed by atoms with Crippen molar-refractivity contribution in [1.29, 1.82) is 0 Å². The third-order valence-electron chi connectivity index (χ3n) is 4.14. The Bertz CT molecular complexity index is 947. The van der Waals surface area contributed by atoms with Crippen LogP contribution in [0.3, 0.4) is 0 Å². The van der Waals surface area contributed by atoms with Gasteiger partial charge in [0.1, 0.15) is 12.4 Å². The number of H-pyrrole nitrogens is 2. The first-order chi connectivity index (χ1) is 12.5. The van der Waals surface area contributed by atoms with Crippen molar-refractivity contribution in [2.24, 2.45) is 5.73 Å². The molecule has 0 fully saturated rings. The number of carbonyl (C=O) groups is 1. The van der Waals surface area contributed by atoms with Crippen molar-refractivity contribution in [3.8, 4) is 5.75 Å². The van der Waals surface area contributed by atoms with E-state index in [2.05, 4.69) is 15.2 Å². The zero-order valence-electron chi connectivity index (χ0n) is 14.4. The Morgan fingerprint density at radius 3 is 2.73 bits per heavy atom. The predicted octanol–water partition coefficient (Wildman–Crippen LogP) is 1.99. The highest BCUT2D eigenvalue weighted by Gasteiger charge is 2.23. The Balaban J connectivity index is 1.88. The number of pyridine rings is 1. The number of primary amides is 1. The van der Waals surface area contributed by atoms with Gasteiger partial charge in [-0.3, -0.25) is 19.7 Å². The van der Waals surface area contributed by atoms with E-state index in [1.165, 1.54) is 0 Å². The molecule has 1 amide bonds. The van der Waals surface area contributed by atoms with Crippen LogP contribution in [0.2, 0.25) is 0 Å². The number of hydrogen-bond donors (Lipinski definition) is 3. The van der Waals surface area contributed by atoms with Crippen LogP contribution in [0.25, 0.3) is 0 Å². The van der Waals surface area contributed by atoms with Gasteiger partial charge in [0.25, 0.3) is 5.56 Å². The molecule has 2 aromatic heterocycles. The molecule has 0 bridgehead atoms. The number of hydrogen-bond acceptors (Lipinski definition) is 4. The average Bonchev–Trinajstić information content (AvgIpc) is 2.97. The fourth-order valence-electron chi connectivity index (χ4n) is 2.92. The third-order valence-corrected chi connectivity index (χ3v) is 4.14. The van der Waals surface area contributed by atoms with Gasteiger partial charge in [0.05, 0.1) is 5.69 Å². The molecule has 1 unspecified atom stereocenters. The Labute approximate surface area is 150 Å². The molecule has 134 valence electrons. The molecule has 7 heteroatoms. The molecule has 0 radical (unpaired) electrons. The van der Waals surface area contributed by atoms with Crippen LogP contribution in [0.1, 0.15) is 34.9 Å². The van der Waals surface area contributed by atoms with Gasteiger partial charge in [-0.1, -0.05) is 18.2 Å². The van der Waals surface area contributed by atoms with Crippen molar-refractivity contribution in [3.63, 3.8) is 0 Å². The van der Waals surface area contributed by atoms with Crippen LogP contribution in [0.5, 0.6) is 5.75 Å². The minimum atomic E-state index is -0.477. The lowest BCUT2D eigenvalue weighted by molar-refractivity contribution is -0.118. The third kappa shape index (κ3) is 4.00. The molecule has 1 aromatic carbocycles. The lowest BCUT2D eigenvalue weighted by atomic mass is 9.88. The molecule has 0 saturated carbocycles. The summed E-state index contributed by atoms with van der Waals surface area (Å²) in [6.07, 6.45) is 1.74. The second-order valence-corrected chi connectivity index (χ2v) is 6.02. The molecule has 0 spiro atoms.